The summed E-state index contributed by atoms with van der Waals surface area (Å²) in [5, 5.41) is 11.7. The lowest BCUT2D eigenvalue weighted by atomic mass is 10.0. The van der Waals surface area contributed by atoms with E-state index in [-0.39, 0.29) is 18.6 Å². The van der Waals surface area contributed by atoms with Crippen molar-refractivity contribution in [3.05, 3.63) is 0 Å². The summed E-state index contributed by atoms with van der Waals surface area (Å²) >= 11 is 0. The summed E-state index contributed by atoms with van der Waals surface area (Å²) < 4.78 is 5.40. The Morgan fingerprint density at radius 1 is 1.71 bits per heavy atom. The van der Waals surface area contributed by atoms with Crippen molar-refractivity contribution in [1.29, 1.82) is 0 Å². The second-order valence-corrected chi connectivity index (χ2v) is 3.94. The molecular formula is C10H19NO3. The number of hydrogen-bond donors (Lipinski definition) is 2. The van der Waals surface area contributed by atoms with Gasteiger partial charge in [-0.25, -0.2) is 0 Å². The van der Waals surface area contributed by atoms with Gasteiger partial charge in [0, 0.05) is 6.61 Å². The summed E-state index contributed by atoms with van der Waals surface area (Å²) in [6, 6.07) is -0.150. The molecule has 2 atom stereocenters. The monoisotopic (exact) mass is 201 g/mol. The first-order valence-electron chi connectivity index (χ1n) is 5.18. The molecule has 0 saturated carbocycles. The van der Waals surface area contributed by atoms with Gasteiger partial charge in [-0.05, 0) is 26.2 Å². The maximum atomic E-state index is 11.7. The fraction of sp³-hybridized carbons (Fsp3) is 0.900. The molecule has 0 spiro atoms. The van der Waals surface area contributed by atoms with Crippen LogP contribution in [0.2, 0.25) is 0 Å². The van der Waals surface area contributed by atoms with E-state index in [4.69, 9.17) is 9.84 Å². The van der Waals surface area contributed by atoms with Crippen LogP contribution in [0.15, 0.2) is 0 Å². The van der Waals surface area contributed by atoms with Gasteiger partial charge >= 0.3 is 0 Å². The first-order valence-corrected chi connectivity index (χ1v) is 5.18. The number of ether oxygens (including phenoxy) is 1. The van der Waals surface area contributed by atoms with Crippen LogP contribution in [-0.4, -0.2) is 35.9 Å². The minimum absolute atomic E-state index is 0.0156. The number of hydrogen-bond acceptors (Lipinski definition) is 3. The van der Waals surface area contributed by atoms with E-state index in [1.807, 2.05) is 6.92 Å². The number of nitrogens with one attached hydrogen (secondary N) is 1. The zero-order valence-electron chi connectivity index (χ0n) is 8.88. The summed E-state index contributed by atoms with van der Waals surface area (Å²) in [7, 11) is 0. The maximum Gasteiger partial charge on any atom is 0.252 e. The molecule has 0 bridgehead atoms. The predicted octanol–water partition coefficient (Wildman–Crippen LogP) is 0.443. The highest BCUT2D eigenvalue weighted by Gasteiger charge is 2.38. The SMILES string of the molecule is CCC(CO)NC(=O)C1(C)CCCO1. The lowest BCUT2D eigenvalue weighted by Gasteiger charge is -2.24. The van der Waals surface area contributed by atoms with Crippen molar-refractivity contribution in [2.45, 2.75) is 44.8 Å². The van der Waals surface area contributed by atoms with Crippen LogP contribution in [-0.2, 0) is 9.53 Å². The summed E-state index contributed by atoms with van der Waals surface area (Å²) in [6.07, 6.45) is 2.43. The Labute approximate surface area is 84.6 Å². The molecule has 1 heterocycles. The van der Waals surface area contributed by atoms with Gasteiger partial charge in [-0.2, -0.15) is 0 Å². The molecule has 0 radical (unpaired) electrons. The van der Waals surface area contributed by atoms with Crippen molar-refractivity contribution in [2.75, 3.05) is 13.2 Å². The van der Waals surface area contributed by atoms with E-state index < -0.39 is 5.60 Å². The molecule has 0 aliphatic carbocycles. The molecule has 0 aromatic rings. The highest BCUT2D eigenvalue weighted by Crippen LogP contribution is 2.25. The molecule has 14 heavy (non-hydrogen) atoms. The van der Waals surface area contributed by atoms with Crippen LogP contribution in [0.4, 0.5) is 0 Å². The minimum Gasteiger partial charge on any atom is -0.394 e. The van der Waals surface area contributed by atoms with Crippen LogP contribution in [0.5, 0.6) is 0 Å². The fourth-order valence-corrected chi connectivity index (χ4v) is 1.57. The highest BCUT2D eigenvalue weighted by atomic mass is 16.5. The Morgan fingerprint density at radius 3 is 2.86 bits per heavy atom. The molecule has 1 saturated heterocycles. The lowest BCUT2D eigenvalue weighted by Crippen LogP contribution is -2.49. The van der Waals surface area contributed by atoms with E-state index in [0.717, 1.165) is 19.3 Å². The molecular weight excluding hydrogens is 182 g/mol. The molecule has 2 unspecified atom stereocenters. The summed E-state index contributed by atoms with van der Waals surface area (Å²) in [4.78, 5) is 11.7. The Hall–Kier alpha value is -0.610. The third kappa shape index (κ3) is 2.45. The molecule has 0 aromatic heterocycles. The molecule has 1 aliphatic heterocycles. The minimum atomic E-state index is -0.678. The van der Waals surface area contributed by atoms with Crippen molar-refractivity contribution in [1.82, 2.24) is 5.32 Å². The number of amides is 1. The van der Waals surface area contributed by atoms with E-state index >= 15 is 0 Å². The molecule has 82 valence electrons. The number of aliphatic hydroxyl groups is 1. The van der Waals surface area contributed by atoms with Gasteiger partial charge in [-0.1, -0.05) is 6.92 Å². The summed E-state index contributed by atoms with van der Waals surface area (Å²) in [5.74, 6) is -0.101. The Bertz CT molecular complexity index is 196. The van der Waals surface area contributed by atoms with Crippen LogP contribution in [0.3, 0.4) is 0 Å². The Morgan fingerprint density at radius 2 is 2.43 bits per heavy atom. The molecule has 1 fully saturated rings. The van der Waals surface area contributed by atoms with E-state index in [2.05, 4.69) is 5.32 Å². The fourth-order valence-electron chi connectivity index (χ4n) is 1.57. The van der Waals surface area contributed by atoms with Gasteiger partial charge < -0.3 is 15.2 Å². The van der Waals surface area contributed by atoms with Crippen molar-refractivity contribution >= 4 is 5.91 Å². The number of carbonyl (C=O) groups is 1. The predicted molar refractivity (Wildman–Crippen MR) is 52.9 cm³/mol. The normalized spacial score (nSPS) is 28.8. The van der Waals surface area contributed by atoms with Crippen LogP contribution in [0, 0.1) is 0 Å². The standard InChI is InChI=1S/C10H19NO3/c1-3-8(7-12)11-9(13)10(2)5-4-6-14-10/h8,12H,3-7H2,1-2H3,(H,11,13). The molecule has 1 amide bonds. The van der Waals surface area contributed by atoms with Gasteiger partial charge in [-0.15, -0.1) is 0 Å². The number of rotatable bonds is 4. The van der Waals surface area contributed by atoms with E-state index in [1.165, 1.54) is 0 Å². The van der Waals surface area contributed by atoms with Gasteiger partial charge in [0.05, 0.1) is 12.6 Å². The van der Waals surface area contributed by atoms with E-state index in [1.54, 1.807) is 6.92 Å². The highest BCUT2D eigenvalue weighted by molar-refractivity contribution is 5.85. The van der Waals surface area contributed by atoms with Crippen LogP contribution < -0.4 is 5.32 Å². The van der Waals surface area contributed by atoms with Crippen LogP contribution >= 0.6 is 0 Å². The summed E-state index contributed by atoms with van der Waals surface area (Å²) in [5.41, 5.74) is -0.678. The molecule has 1 aliphatic rings. The molecule has 1 rings (SSSR count). The lowest BCUT2D eigenvalue weighted by molar-refractivity contribution is -0.140. The zero-order chi connectivity index (χ0) is 10.6. The maximum absolute atomic E-state index is 11.7. The smallest absolute Gasteiger partial charge is 0.252 e. The number of carbonyl (C=O) groups excluding carboxylic acids is 1. The van der Waals surface area contributed by atoms with Gasteiger partial charge in [0.1, 0.15) is 5.60 Å². The average Bonchev–Trinajstić information content (AvgIpc) is 2.62. The van der Waals surface area contributed by atoms with Gasteiger partial charge in [-0.3, -0.25) is 4.79 Å². The molecule has 0 aromatic carbocycles. The topological polar surface area (TPSA) is 58.6 Å². The van der Waals surface area contributed by atoms with Crippen LogP contribution in [0.25, 0.3) is 0 Å². The van der Waals surface area contributed by atoms with E-state index in [0.29, 0.717) is 6.61 Å². The zero-order valence-corrected chi connectivity index (χ0v) is 8.88. The van der Waals surface area contributed by atoms with Crippen molar-refractivity contribution in [2.24, 2.45) is 0 Å². The first-order chi connectivity index (χ1) is 6.62. The summed E-state index contributed by atoms with van der Waals surface area (Å²) in [6.45, 7) is 4.37. The quantitative estimate of drug-likeness (QED) is 0.694. The Kier molecular flexibility index (Phi) is 3.89. The Balaban J connectivity index is 2.48. The third-order valence-electron chi connectivity index (χ3n) is 2.75. The third-order valence-corrected chi connectivity index (χ3v) is 2.75. The molecule has 2 N–H and O–H groups in total. The van der Waals surface area contributed by atoms with Gasteiger partial charge in [0.25, 0.3) is 5.91 Å². The average molecular weight is 201 g/mol. The van der Waals surface area contributed by atoms with Crippen LogP contribution in [0.1, 0.15) is 33.1 Å². The van der Waals surface area contributed by atoms with Gasteiger partial charge in [0.15, 0.2) is 0 Å². The van der Waals surface area contributed by atoms with Crippen molar-refractivity contribution in [3.8, 4) is 0 Å². The second kappa shape index (κ2) is 4.75. The number of aliphatic hydroxyl groups excluding tert-OH is 1. The largest absolute Gasteiger partial charge is 0.394 e. The van der Waals surface area contributed by atoms with E-state index in [9.17, 15) is 4.79 Å². The molecule has 4 nitrogen and oxygen atoms in total. The van der Waals surface area contributed by atoms with Gasteiger partial charge in [0.2, 0.25) is 0 Å². The second-order valence-electron chi connectivity index (χ2n) is 3.94. The van der Waals surface area contributed by atoms with Crippen molar-refractivity contribution < 1.29 is 14.6 Å². The van der Waals surface area contributed by atoms with Crippen molar-refractivity contribution in [3.63, 3.8) is 0 Å². The molecule has 4 heteroatoms. The first kappa shape index (κ1) is 11.5.